The Labute approximate surface area is 304 Å². The third-order valence-electron chi connectivity index (χ3n) is 11.0. The Morgan fingerprint density at radius 1 is 0.963 bits per heavy atom. The van der Waals surface area contributed by atoms with Gasteiger partial charge in [0.1, 0.15) is 35.6 Å². The molecule has 14 nitrogen and oxygen atoms in total. The van der Waals surface area contributed by atoms with Gasteiger partial charge in [-0.05, 0) is 42.3 Å². The van der Waals surface area contributed by atoms with Gasteiger partial charge in [0.05, 0.1) is 35.3 Å². The van der Waals surface area contributed by atoms with E-state index in [0.29, 0.717) is 65.6 Å². The van der Waals surface area contributed by atoms with Gasteiger partial charge in [-0.1, -0.05) is 12.1 Å². The fraction of sp³-hybridized carbons (Fsp3) is 0.324. The topological polar surface area (TPSA) is 161 Å². The lowest BCUT2D eigenvalue weighted by atomic mass is 9.83. The predicted octanol–water partition coefficient (Wildman–Crippen LogP) is 2.85. The van der Waals surface area contributed by atoms with Crippen LogP contribution < -0.4 is 21.1 Å². The van der Waals surface area contributed by atoms with Gasteiger partial charge in [0.25, 0.3) is 11.5 Å². The molecule has 0 spiro atoms. The first-order valence-corrected chi connectivity index (χ1v) is 17.6. The number of nitrogens with zero attached hydrogens (tertiary/aromatic N) is 7. The average molecular weight is 739 g/mol. The molecule has 0 saturated carbocycles. The minimum absolute atomic E-state index is 0.0550. The molecule has 3 amide bonds. The van der Waals surface area contributed by atoms with E-state index in [-0.39, 0.29) is 42.4 Å². The summed E-state index contributed by atoms with van der Waals surface area (Å²) in [7, 11) is 1.74. The van der Waals surface area contributed by atoms with Crippen molar-refractivity contribution in [1.82, 2.24) is 40.1 Å². The van der Waals surface area contributed by atoms with Crippen molar-refractivity contribution in [2.75, 3.05) is 36.4 Å². The zero-order chi connectivity index (χ0) is 37.4. The predicted molar refractivity (Wildman–Crippen MR) is 188 cm³/mol. The molecule has 276 valence electrons. The van der Waals surface area contributed by atoms with Crippen molar-refractivity contribution in [2.45, 2.75) is 43.9 Å². The number of halogens is 3. The van der Waals surface area contributed by atoms with Gasteiger partial charge in [-0.2, -0.15) is 10.2 Å². The van der Waals surface area contributed by atoms with Crippen LogP contribution in [0.3, 0.4) is 0 Å². The number of piperidine rings is 1. The van der Waals surface area contributed by atoms with Gasteiger partial charge < -0.3 is 15.1 Å². The number of aryl methyl sites for hydroxylation is 1. The number of carbonyl (C=O) groups excluding carboxylic acids is 3. The van der Waals surface area contributed by atoms with Gasteiger partial charge >= 0.3 is 0 Å². The molecule has 17 heteroatoms. The summed E-state index contributed by atoms with van der Waals surface area (Å²) in [5.74, 6) is -2.95. The Balaban J connectivity index is 0.941. The normalized spacial score (nSPS) is 21.4. The van der Waals surface area contributed by atoms with E-state index in [1.165, 1.54) is 29.4 Å². The van der Waals surface area contributed by atoms with Crippen LogP contribution in [0.5, 0.6) is 0 Å². The van der Waals surface area contributed by atoms with Gasteiger partial charge in [-0.3, -0.25) is 34.1 Å². The van der Waals surface area contributed by atoms with Gasteiger partial charge in [0.15, 0.2) is 0 Å². The first kappa shape index (κ1) is 33.7. The molecule has 2 saturated heterocycles. The fourth-order valence-corrected chi connectivity index (χ4v) is 8.30. The van der Waals surface area contributed by atoms with Crippen LogP contribution in [0.15, 0.2) is 53.6 Å². The van der Waals surface area contributed by atoms with E-state index < -0.39 is 58.7 Å². The number of imide groups is 1. The lowest BCUT2D eigenvalue weighted by Crippen LogP contribution is -2.52. The number of nitrogens with one attached hydrogen (secondary N) is 3. The number of carbonyl (C=O) groups is 3. The number of hydrogen-bond acceptors (Lipinski definition) is 10. The molecule has 4 aliphatic rings. The van der Waals surface area contributed by atoms with E-state index in [4.69, 9.17) is 0 Å². The quantitative estimate of drug-likeness (QED) is 0.221. The zero-order valence-electron chi connectivity index (χ0n) is 28.9. The summed E-state index contributed by atoms with van der Waals surface area (Å²) >= 11 is 0. The van der Waals surface area contributed by atoms with Crippen LogP contribution in [0.1, 0.15) is 63.4 Å². The molecule has 0 bridgehead atoms. The lowest BCUT2D eigenvalue weighted by Gasteiger charge is -2.37. The third-order valence-corrected chi connectivity index (χ3v) is 11.0. The van der Waals surface area contributed by atoms with Crippen molar-refractivity contribution in [3.8, 4) is 0 Å². The minimum Gasteiger partial charge on any atom is -0.376 e. The van der Waals surface area contributed by atoms with Crippen molar-refractivity contribution >= 4 is 39.9 Å². The molecular weight excluding hydrogens is 705 g/mol. The molecule has 4 aliphatic heterocycles. The van der Waals surface area contributed by atoms with Gasteiger partial charge in [-0.15, -0.1) is 0 Å². The first-order valence-electron chi connectivity index (χ1n) is 17.6. The maximum atomic E-state index is 15.9. The number of aromatic nitrogens is 5. The molecule has 5 aromatic rings. The van der Waals surface area contributed by atoms with Crippen LogP contribution in [-0.4, -0.2) is 84.7 Å². The monoisotopic (exact) mass is 738 g/mol. The maximum Gasteiger partial charge on any atom is 0.272 e. The summed E-state index contributed by atoms with van der Waals surface area (Å²) < 4.78 is 47.9. The third kappa shape index (κ3) is 5.48. The standard InChI is InChI=1S/C37H33F3N10O4/c1-47-34(41-17-42-47)30-32(43-25-14-20(38)13-22-29(25)33(30)45-46-35(22)52)18-3-5-24(39)27(12-18)49-10-8-48(9-11-49)15-19-2-4-21-23(31(19)40)16-50(37(21)54)26-6-7-28(51)44-36(26)53/h2-5,12-14,17,26,30,32,43H,6-11,15-16H2,1H3,(H,46,52)(H,44,51,53)/t26?,30-,32-/m1/s1. The van der Waals surface area contributed by atoms with E-state index >= 15 is 8.78 Å². The van der Waals surface area contributed by atoms with Crippen molar-refractivity contribution in [2.24, 2.45) is 7.05 Å². The van der Waals surface area contributed by atoms with Gasteiger partial charge in [0.2, 0.25) is 11.8 Å². The Morgan fingerprint density at radius 2 is 1.78 bits per heavy atom. The number of piperazine rings is 1. The highest BCUT2D eigenvalue weighted by molar-refractivity contribution is 6.05. The second-order valence-electron chi connectivity index (χ2n) is 14.1. The molecule has 9 rings (SSSR count). The van der Waals surface area contributed by atoms with E-state index in [2.05, 4.69) is 35.8 Å². The molecule has 2 aromatic heterocycles. The van der Waals surface area contributed by atoms with Crippen LogP contribution >= 0.6 is 0 Å². The largest absolute Gasteiger partial charge is 0.376 e. The minimum atomic E-state index is -0.834. The SMILES string of the molecule is Cn1ncnc1[C@H]1c2n[nH]c(=O)c3cc(F)cc(c23)N[C@@H]1c1ccc(F)c(N2CCN(Cc3ccc4c(c3F)CN(C3CCC(=O)NC3=O)C4=O)CC2)c1. The Kier molecular flexibility index (Phi) is 7.99. The molecule has 54 heavy (non-hydrogen) atoms. The molecule has 6 heterocycles. The lowest BCUT2D eigenvalue weighted by molar-refractivity contribution is -0.136. The van der Waals surface area contributed by atoms with Crippen LogP contribution in [0.4, 0.5) is 24.5 Å². The summed E-state index contributed by atoms with van der Waals surface area (Å²) in [6.45, 7) is 2.09. The highest BCUT2D eigenvalue weighted by atomic mass is 19.1. The summed E-state index contributed by atoms with van der Waals surface area (Å²) in [6, 6.07) is 9.05. The molecule has 2 fully saturated rings. The molecule has 1 unspecified atom stereocenters. The number of fused-ring (bicyclic) bond motifs is 1. The number of rotatable bonds is 6. The Bertz CT molecular complexity index is 2460. The van der Waals surface area contributed by atoms with Crippen LogP contribution in [0.2, 0.25) is 0 Å². The van der Waals surface area contributed by atoms with Crippen LogP contribution in [0, 0.1) is 17.5 Å². The van der Waals surface area contributed by atoms with Crippen molar-refractivity contribution in [3.05, 3.63) is 110 Å². The Hall–Kier alpha value is -6.10. The van der Waals surface area contributed by atoms with E-state index in [1.807, 2.05) is 4.90 Å². The molecule has 3 N–H and O–H groups in total. The van der Waals surface area contributed by atoms with Crippen molar-refractivity contribution in [1.29, 1.82) is 0 Å². The number of anilines is 2. The molecule has 3 aromatic carbocycles. The first-order chi connectivity index (χ1) is 26.0. The smallest absolute Gasteiger partial charge is 0.272 e. The number of hydrogen-bond donors (Lipinski definition) is 3. The molecular formula is C37H33F3N10O4. The van der Waals surface area contributed by atoms with E-state index in [9.17, 15) is 23.6 Å². The highest BCUT2D eigenvalue weighted by Crippen LogP contribution is 2.46. The summed E-state index contributed by atoms with van der Waals surface area (Å²) in [5.41, 5.74) is 2.24. The zero-order valence-corrected chi connectivity index (χ0v) is 28.9. The Morgan fingerprint density at radius 3 is 2.54 bits per heavy atom. The van der Waals surface area contributed by atoms with Crippen molar-refractivity contribution < 1.29 is 27.6 Å². The van der Waals surface area contributed by atoms with E-state index in [0.717, 1.165) is 0 Å². The summed E-state index contributed by atoms with van der Waals surface area (Å²) in [5, 5.41) is 17.4. The van der Waals surface area contributed by atoms with Crippen molar-refractivity contribution in [3.63, 3.8) is 0 Å². The van der Waals surface area contributed by atoms with Crippen LogP contribution in [0.25, 0.3) is 10.8 Å². The van der Waals surface area contributed by atoms with Crippen LogP contribution in [-0.2, 0) is 29.7 Å². The molecule has 0 aliphatic carbocycles. The number of amides is 3. The number of aromatic amines is 1. The van der Waals surface area contributed by atoms with Gasteiger partial charge in [0, 0.05) is 74.0 Å². The number of H-pyrrole nitrogens is 1. The molecule has 0 radical (unpaired) electrons. The number of benzene rings is 3. The second-order valence-corrected chi connectivity index (χ2v) is 14.1. The van der Waals surface area contributed by atoms with E-state index in [1.54, 1.807) is 36.0 Å². The highest BCUT2D eigenvalue weighted by Gasteiger charge is 2.41. The summed E-state index contributed by atoms with van der Waals surface area (Å²) in [4.78, 5) is 59.7. The second kappa shape index (κ2) is 12.8. The molecule has 3 atom stereocenters. The summed E-state index contributed by atoms with van der Waals surface area (Å²) in [6.07, 6.45) is 1.71. The average Bonchev–Trinajstić information content (AvgIpc) is 3.73. The maximum absolute atomic E-state index is 15.9. The van der Waals surface area contributed by atoms with Gasteiger partial charge in [-0.25, -0.2) is 23.3 Å². The fourth-order valence-electron chi connectivity index (χ4n) is 8.30.